The number of H-pyrrole nitrogens is 2. The molecule has 0 spiro atoms. The maximum Gasteiger partial charge on any atom is 0.323 e. The van der Waals surface area contributed by atoms with Crippen LogP contribution in [-0.2, 0) is 0 Å². The minimum atomic E-state index is -1.11. The van der Waals surface area contributed by atoms with Crippen molar-refractivity contribution in [1.29, 1.82) is 0 Å². The number of amides is 1. The summed E-state index contributed by atoms with van der Waals surface area (Å²) in [5.74, 6) is -0.570. The lowest BCUT2D eigenvalue weighted by atomic mass is 10.1. The van der Waals surface area contributed by atoms with Gasteiger partial charge in [0.15, 0.2) is 0 Å². The van der Waals surface area contributed by atoms with E-state index in [1.54, 1.807) is 0 Å². The fraction of sp³-hybridized carbons (Fsp3) is 0.500. The van der Waals surface area contributed by atoms with Crippen LogP contribution in [0.3, 0.4) is 0 Å². The maximum absolute atomic E-state index is 11.5. The van der Waals surface area contributed by atoms with Gasteiger partial charge in [0.1, 0.15) is 5.69 Å². The Balaban J connectivity index is 2.75. The normalized spacial score (nSPS) is 11.4. The molecule has 0 radical (unpaired) electrons. The molecular weight excluding hydrogens is 202 g/mol. The van der Waals surface area contributed by atoms with Crippen LogP contribution in [0.5, 0.6) is 0 Å². The van der Waals surface area contributed by atoms with Crippen LogP contribution < -0.4 is 11.0 Å². The number of carbonyl (C=O) groups is 1. The fourth-order valence-corrected chi connectivity index (χ4v) is 0.925. The van der Waals surface area contributed by atoms with Crippen LogP contribution in [0.4, 0.5) is 0 Å². The van der Waals surface area contributed by atoms with E-state index in [4.69, 9.17) is 10.2 Å². The van der Waals surface area contributed by atoms with E-state index in [-0.39, 0.29) is 5.69 Å². The predicted octanol–water partition coefficient (Wildman–Crippen LogP) is -1.82. The molecule has 0 atom stereocenters. The summed E-state index contributed by atoms with van der Waals surface area (Å²) in [7, 11) is 0. The summed E-state index contributed by atoms with van der Waals surface area (Å²) in [6, 6.07) is 0. The second kappa shape index (κ2) is 4.28. The first kappa shape index (κ1) is 11.5. The van der Waals surface area contributed by atoms with Crippen molar-refractivity contribution >= 4 is 5.91 Å². The molecule has 1 aromatic rings. The Morgan fingerprint density at radius 3 is 2.53 bits per heavy atom. The van der Waals surface area contributed by atoms with Crippen LogP contribution in [0, 0.1) is 0 Å². The summed E-state index contributed by atoms with van der Waals surface area (Å²) in [5, 5.41) is 20.3. The van der Waals surface area contributed by atoms with Crippen LogP contribution in [-0.4, -0.2) is 44.8 Å². The fourth-order valence-electron chi connectivity index (χ4n) is 0.925. The molecule has 1 heterocycles. The molecule has 0 aliphatic rings. The van der Waals surface area contributed by atoms with Gasteiger partial charge < -0.3 is 25.5 Å². The molecule has 0 saturated carbocycles. The minimum absolute atomic E-state index is 0.0492. The highest BCUT2D eigenvalue weighted by molar-refractivity contribution is 5.92. The van der Waals surface area contributed by atoms with Crippen molar-refractivity contribution in [2.45, 2.75) is 12.5 Å². The van der Waals surface area contributed by atoms with Crippen molar-refractivity contribution in [3.05, 3.63) is 22.4 Å². The summed E-state index contributed by atoms with van der Waals surface area (Å²) < 4.78 is 0. The van der Waals surface area contributed by atoms with Gasteiger partial charge in [-0.05, 0) is 6.92 Å². The average molecular weight is 215 g/mol. The number of aliphatic hydroxyl groups excluding tert-OH is 2. The standard InChI is InChI=1S/C8H13N3O4/c1-8(3-12,4-13)11-6(14)5-2-9-7(15)10-5/h2,12-13H,3-4H2,1H3,(H,11,14)(H2,9,10,15). The number of aromatic nitrogens is 2. The molecule has 0 fully saturated rings. The number of aliphatic hydroxyl groups is 2. The van der Waals surface area contributed by atoms with Crippen LogP contribution in [0.15, 0.2) is 11.0 Å². The van der Waals surface area contributed by atoms with Crippen LogP contribution in [0.25, 0.3) is 0 Å². The van der Waals surface area contributed by atoms with E-state index in [2.05, 4.69) is 15.3 Å². The Morgan fingerprint density at radius 2 is 2.13 bits per heavy atom. The molecule has 0 aliphatic heterocycles. The van der Waals surface area contributed by atoms with Gasteiger partial charge in [-0.1, -0.05) is 0 Å². The zero-order valence-electron chi connectivity index (χ0n) is 8.20. The molecule has 84 valence electrons. The summed E-state index contributed by atoms with van der Waals surface area (Å²) in [4.78, 5) is 26.7. The van der Waals surface area contributed by atoms with Gasteiger partial charge in [-0.2, -0.15) is 0 Å². The lowest BCUT2D eigenvalue weighted by Crippen LogP contribution is -2.51. The number of imidazole rings is 1. The minimum Gasteiger partial charge on any atom is -0.394 e. The smallest absolute Gasteiger partial charge is 0.323 e. The summed E-state index contributed by atoms with van der Waals surface area (Å²) in [5.41, 5.74) is -1.55. The van der Waals surface area contributed by atoms with E-state index in [9.17, 15) is 9.59 Å². The number of rotatable bonds is 4. The van der Waals surface area contributed by atoms with E-state index in [1.807, 2.05) is 0 Å². The largest absolute Gasteiger partial charge is 0.394 e. The Labute approximate surface area is 85.1 Å². The summed E-state index contributed by atoms with van der Waals surface area (Å²) >= 11 is 0. The first-order valence-corrected chi connectivity index (χ1v) is 4.33. The quantitative estimate of drug-likeness (QED) is 0.406. The Morgan fingerprint density at radius 1 is 1.53 bits per heavy atom. The van der Waals surface area contributed by atoms with Crippen molar-refractivity contribution in [3.8, 4) is 0 Å². The molecule has 0 saturated heterocycles. The number of hydrogen-bond donors (Lipinski definition) is 5. The highest BCUT2D eigenvalue weighted by Gasteiger charge is 2.25. The molecule has 5 N–H and O–H groups in total. The third-order valence-electron chi connectivity index (χ3n) is 1.95. The van der Waals surface area contributed by atoms with E-state index < -0.39 is 30.3 Å². The van der Waals surface area contributed by atoms with Crippen LogP contribution >= 0.6 is 0 Å². The van der Waals surface area contributed by atoms with Crippen molar-refractivity contribution in [1.82, 2.24) is 15.3 Å². The highest BCUT2D eigenvalue weighted by Crippen LogP contribution is 2.02. The number of hydrogen-bond acceptors (Lipinski definition) is 4. The number of aromatic amines is 2. The first-order valence-electron chi connectivity index (χ1n) is 4.33. The average Bonchev–Trinajstić information content (AvgIpc) is 2.65. The SMILES string of the molecule is CC(CO)(CO)NC(=O)c1c[nH]c(=O)[nH]1. The van der Waals surface area contributed by atoms with Crippen molar-refractivity contribution in [2.24, 2.45) is 0 Å². The molecule has 7 nitrogen and oxygen atoms in total. The molecule has 0 aliphatic carbocycles. The number of carbonyl (C=O) groups excluding carboxylic acids is 1. The molecule has 1 aromatic heterocycles. The molecule has 7 heteroatoms. The highest BCUT2D eigenvalue weighted by atomic mass is 16.3. The third-order valence-corrected chi connectivity index (χ3v) is 1.95. The third kappa shape index (κ3) is 2.67. The summed E-state index contributed by atoms with van der Waals surface area (Å²) in [6.45, 7) is 0.684. The topological polar surface area (TPSA) is 118 Å². The van der Waals surface area contributed by atoms with Gasteiger partial charge in [-0.3, -0.25) is 4.79 Å². The zero-order valence-corrected chi connectivity index (χ0v) is 8.20. The molecular formula is C8H13N3O4. The van der Waals surface area contributed by atoms with Crippen LogP contribution in [0.1, 0.15) is 17.4 Å². The second-order valence-corrected chi connectivity index (χ2v) is 3.49. The Bertz CT molecular complexity index is 391. The van der Waals surface area contributed by atoms with Gasteiger partial charge in [0.25, 0.3) is 5.91 Å². The number of nitrogens with one attached hydrogen (secondary N) is 3. The monoisotopic (exact) mass is 215 g/mol. The molecule has 0 unspecified atom stereocenters. The zero-order chi connectivity index (χ0) is 11.5. The van der Waals surface area contributed by atoms with Crippen LogP contribution in [0.2, 0.25) is 0 Å². The van der Waals surface area contributed by atoms with Gasteiger partial charge in [0, 0.05) is 6.20 Å². The predicted molar refractivity (Wildman–Crippen MR) is 51.5 cm³/mol. The van der Waals surface area contributed by atoms with Gasteiger partial charge in [-0.15, -0.1) is 0 Å². The van der Waals surface area contributed by atoms with Crippen molar-refractivity contribution in [2.75, 3.05) is 13.2 Å². The van der Waals surface area contributed by atoms with E-state index in [1.165, 1.54) is 13.1 Å². The second-order valence-electron chi connectivity index (χ2n) is 3.49. The van der Waals surface area contributed by atoms with Crippen molar-refractivity contribution < 1.29 is 15.0 Å². The molecule has 15 heavy (non-hydrogen) atoms. The summed E-state index contributed by atoms with van der Waals surface area (Å²) in [6.07, 6.45) is 1.22. The first-order chi connectivity index (χ1) is 7.00. The maximum atomic E-state index is 11.5. The lowest BCUT2D eigenvalue weighted by Gasteiger charge is -2.25. The van der Waals surface area contributed by atoms with E-state index in [0.29, 0.717) is 0 Å². The van der Waals surface area contributed by atoms with E-state index >= 15 is 0 Å². The molecule has 0 aromatic carbocycles. The molecule has 1 rings (SSSR count). The van der Waals surface area contributed by atoms with Gasteiger partial charge >= 0.3 is 5.69 Å². The molecule has 1 amide bonds. The van der Waals surface area contributed by atoms with Gasteiger partial charge in [0.05, 0.1) is 18.8 Å². The molecule has 0 bridgehead atoms. The lowest BCUT2D eigenvalue weighted by molar-refractivity contribution is 0.0720. The van der Waals surface area contributed by atoms with E-state index in [0.717, 1.165) is 0 Å². The van der Waals surface area contributed by atoms with Gasteiger partial charge in [0.2, 0.25) is 0 Å². The van der Waals surface area contributed by atoms with Gasteiger partial charge in [-0.25, -0.2) is 4.79 Å². The Hall–Kier alpha value is -1.60. The van der Waals surface area contributed by atoms with Crippen molar-refractivity contribution in [3.63, 3.8) is 0 Å². The Kier molecular flexibility index (Phi) is 3.28.